The highest BCUT2D eigenvalue weighted by Gasteiger charge is 2.30. The van der Waals surface area contributed by atoms with Gasteiger partial charge in [-0.15, -0.1) is 0 Å². The summed E-state index contributed by atoms with van der Waals surface area (Å²) >= 11 is 0. The number of nitrogens with one attached hydrogen (secondary N) is 1. The Morgan fingerprint density at radius 2 is 2.21 bits per heavy atom. The lowest BCUT2D eigenvalue weighted by Crippen LogP contribution is -2.49. The van der Waals surface area contributed by atoms with Crippen LogP contribution in [0.1, 0.15) is 32.6 Å². The highest BCUT2D eigenvalue weighted by molar-refractivity contribution is 4.82. The van der Waals surface area contributed by atoms with Gasteiger partial charge in [0.05, 0.1) is 18.8 Å². The van der Waals surface area contributed by atoms with E-state index in [9.17, 15) is 0 Å². The molecule has 0 aromatic heterocycles. The van der Waals surface area contributed by atoms with Crippen LogP contribution in [0, 0.1) is 0 Å². The van der Waals surface area contributed by atoms with Gasteiger partial charge in [0.25, 0.3) is 0 Å². The smallest absolute Gasteiger partial charge is 0.0965 e. The fourth-order valence-corrected chi connectivity index (χ4v) is 2.10. The van der Waals surface area contributed by atoms with Crippen LogP contribution < -0.4 is 5.32 Å². The molecule has 1 aliphatic carbocycles. The van der Waals surface area contributed by atoms with Crippen molar-refractivity contribution < 1.29 is 9.47 Å². The van der Waals surface area contributed by atoms with E-state index >= 15 is 0 Å². The summed E-state index contributed by atoms with van der Waals surface area (Å²) in [6.07, 6.45) is 5.72. The number of hydrogen-bond donors (Lipinski definition) is 1. The van der Waals surface area contributed by atoms with Crippen LogP contribution in [0.2, 0.25) is 0 Å². The minimum atomic E-state index is 0.286. The Labute approximate surface area is 86.2 Å². The molecule has 0 aromatic carbocycles. The van der Waals surface area contributed by atoms with Crippen molar-refractivity contribution in [2.45, 2.75) is 50.9 Å². The summed E-state index contributed by atoms with van der Waals surface area (Å²) in [4.78, 5) is 0. The molecular formula is C11H21NO2. The van der Waals surface area contributed by atoms with E-state index in [2.05, 4.69) is 12.2 Å². The highest BCUT2D eigenvalue weighted by atomic mass is 16.5. The number of hydrogen-bond acceptors (Lipinski definition) is 3. The summed E-state index contributed by atoms with van der Waals surface area (Å²) in [6.45, 7) is 4.82. The van der Waals surface area contributed by atoms with Gasteiger partial charge in [-0.3, -0.25) is 0 Å². The van der Waals surface area contributed by atoms with Crippen molar-refractivity contribution >= 4 is 0 Å². The quantitative estimate of drug-likeness (QED) is 0.741. The average molecular weight is 199 g/mol. The zero-order chi connectivity index (χ0) is 9.80. The molecule has 2 fully saturated rings. The predicted molar refractivity (Wildman–Crippen MR) is 55.4 cm³/mol. The van der Waals surface area contributed by atoms with Crippen molar-refractivity contribution in [1.82, 2.24) is 5.32 Å². The van der Waals surface area contributed by atoms with Gasteiger partial charge in [-0.1, -0.05) is 6.92 Å². The van der Waals surface area contributed by atoms with Crippen LogP contribution in [0.5, 0.6) is 0 Å². The minimum absolute atomic E-state index is 0.286. The molecule has 0 spiro atoms. The first-order valence-corrected chi connectivity index (χ1v) is 5.86. The molecule has 14 heavy (non-hydrogen) atoms. The lowest BCUT2D eigenvalue weighted by atomic mass is 9.95. The SMILES string of the molecule is CCNC1CCOCC1OC1CCC1. The Kier molecular flexibility index (Phi) is 3.79. The zero-order valence-electron chi connectivity index (χ0n) is 9.00. The number of ether oxygens (including phenoxy) is 2. The molecule has 1 heterocycles. The maximum absolute atomic E-state index is 6.00. The predicted octanol–water partition coefficient (Wildman–Crippen LogP) is 1.32. The van der Waals surface area contributed by atoms with Gasteiger partial charge in [-0.05, 0) is 32.2 Å². The van der Waals surface area contributed by atoms with Crippen LogP contribution in [0.15, 0.2) is 0 Å². The first-order valence-electron chi connectivity index (χ1n) is 5.86. The van der Waals surface area contributed by atoms with Gasteiger partial charge >= 0.3 is 0 Å². The fraction of sp³-hybridized carbons (Fsp3) is 1.00. The van der Waals surface area contributed by atoms with Crippen LogP contribution in [0.3, 0.4) is 0 Å². The molecule has 2 unspecified atom stereocenters. The van der Waals surface area contributed by atoms with Crippen molar-refractivity contribution in [3.63, 3.8) is 0 Å². The van der Waals surface area contributed by atoms with Crippen molar-refractivity contribution in [3.8, 4) is 0 Å². The molecule has 2 atom stereocenters. The molecule has 82 valence electrons. The molecule has 3 nitrogen and oxygen atoms in total. The van der Waals surface area contributed by atoms with Gasteiger partial charge in [0.15, 0.2) is 0 Å². The molecule has 1 saturated carbocycles. The first kappa shape index (κ1) is 10.4. The third-order valence-electron chi connectivity index (χ3n) is 3.19. The van der Waals surface area contributed by atoms with Crippen molar-refractivity contribution in [2.24, 2.45) is 0 Å². The van der Waals surface area contributed by atoms with Gasteiger partial charge < -0.3 is 14.8 Å². The standard InChI is InChI=1S/C11H21NO2/c1-2-12-10-6-7-13-8-11(10)14-9-4-3-5-9/h9-12H,2-8H2,1H3. The topological polar surface area (TPSA) is 30.5 Å². The van der Waals surface area contributed by atoms with Crippen molar-refractivity contribution in [3.05, 3.63) is 0 Å². The summed E-state index contributed by atoms with van der Waals surface area (Å²) in [5.41, 5.74) is 0. The second-order valence-electron chi connectivity index (χ2n) is 4.26. The Bertz CT molecular complexity index is 169. The van der Waals surface area contributed by atoms with Gasteiger partial charge in [0, 0.05) is 12.6 Å². The largest absolute Gasteiger partial charge is 0.379 e. The van der Waals surface area contributed by atoms with Gasteiger partial charge in [-0.25, -0.2) is 0 Å². The average Bonchev–Trinajstić information content (AvgIpc) is 2.14. The molecule has 0 radical (unpaired) electrons. The number of likely N-dealkylation sites (N-methyl/N-ethyl adjacent to an activating group) is 1. The minimum Gasteiger partial charge on any atom is -0.379 e. The van der Waals surface area contributed by atoms with E-state index in [4.69, 9.17) is 9.47 Å². The third kappa shape index (κ3) is 2.47. The summed E-state index contributed by atoms with van der Waals surface area (Å²) in [7, 11) is 0. The molecule has 2 rings (SSSR count). The first-order chi connectivity index (χ1) is 6.90. The normalized spacial score (nSPS) is 34.1. The lowest BCUT2D eigenvalue weighted by molar-refractivity contribution is -0.119. The molecule has 0 amide bonds. The van der Waals surface area contributed by atoms with Crippen molar-refractivity contribution in [2.75, 3.05) is 19.8 Å². The third-order valence-corrected chi connectivity index (χ3v) is 3.19. The molecule has 0 aromatic rings. The molecule has 1 N–H and O–H groups in total. The second kappa shape index (κ2) is 5.10. The van der Waals surface area contributed by atoms with Crippen LogP contribution in [0.4, 0.5) is 0 Å². The maximum atomic E-state index is 6.00. The highest BCUT2D eigenvalue weighted by Crippen LogP contribution is 2.25. The van der Waals surface area contributed by atoms with Crippen molar-refractivity contribution in [1.29, 1.82) is 0 Å². The van der Waals surface area contributed by atoms with E-state index in [1.165, 1.54) is 19.3 Å². The molecule has 0 bridgehead atoms. The summed E-state index contributed by atoms with van der Waals surface area (Å²) in [5, 5.41) is 3.48. The summed E-state index contributed by atoms with van der Waals surface area (Å²) < 4.78 is 11.5. The van der Waals surface area contributed by atoms with Gasteiger partial charge in [0.2, 0.25) is 0 Å². The van der Waals surface area contributed by atoms with E-state index in [1.54, 1.807) is 0 Å². The summed E-state index contributed by atoms with van der Waals surface area (Å²) in [5.74, 6) is 0. The zero-order valence-corrected chi connectivity index (χ0v) is 9.00. The molecule has 3 heteroatoms. The Morgan fingerprint density at radius 1 is 1.36 bits per heavy atom. The Morgan fingerprint density at radius 3 is 2.86 bits per heavy atom. The van der Waals surface area contributed by atoms with E-state index in [1.807, 2.05) is 0 Å². The molecule has 2 aliphatic rings. The monoisotopic (exact) mass is 199 g/mol. The fourth-order valence-electron chi connectivity index (χ4n) is 2.10. The lowest BCUT2D eigenvalue weighted by Gasteiger charge is -2.37. The van der Waals surface area contributed by atoms with E-state index in [-0.39, 0.29) is 6.10 Å². The van der Waals surface area contributed by atoms with E-state index in [0.717, 1.165) is 26.2 Å². The Hall–Kier alpha value is -0.120. The van der Waals surface area contributed by atoms with Gasteiger partial charge in [0.1, 0.15) is 0 Å². The maximum Gasteiger partial charge on any atom is 0.0965 e. The molecule has 1 aliphatic heterocycles. The van der Waals surface area contributed by atoms with E-state index in [0.29, 0.717) is 12.1 Å². The van der Waals surface area contributed by atoms with Crippen LogP contribution in [-0.2, 0) is 9.47 Å². The Balaban J connectivity index is 1.78. The second-order valence-corrected chi connectivity index (χ2v) is 4.26. The number of rotatable bonds is 4. The van der Waals surface area contributed by atoms with Crippen LogP contribution in [-0.4, -0.2) is 38.0 Å². The molecular weight excluding hydrogens is 178 g/mol. The van der Waals surface area contributed by atoms with Gasteiger partial charge in [-0.2, -0.15) is 0 Å². The molecule has 1 saturated heterocycles. The van der Waals surface area contributed by atoms with E-state index < -0.39 is 0 Å². The van der Waals surface area contributed by atoms with Crippen LogP contribution in [0.25, 0.3) is 0 Å². The summed E-state index contributed by atoms with van der Waals surface area (Å²) in [6, 6.07) is 0.509. The van der Waals surface area contributed by atoms with Crippen LogP contribution >= 0.6 is 0 Å².